The maximum atomic E-state index is 12.1. The molecule has 0 atom stereocenters. The van der Waals surface area contributed by atoms with Gasteiger partial charge >= 0.3 is 5.97 Å². The Morgan fingerprint density at radius 3 is 2.50 bits per heavy atom. The highest BCUT2D eigenvalue weighted by Crippen LogP contribution is 2.22. The Balaban J connectivity index is 1.48. The molecular formula is C21H17N3O6. The number of benzene rings is 3. The molecular weight excluding hydrogens is 390 g/mol. The second kappa shape index (κ2) is 9.28. The molecule has 0 unspecified atom stereocenters. The Morgan fingerprint density at radius 2 is 1.70 bits per heavy atom. The number of non-ortho nitro benzene ring substituents is 1. The number of amides is 2. The largest absolute Gasteiger partial charge is 0.454 e. The van der Waals surface area contributed by atoms with Gasteiger partial charge in [0.05, 0.1) is 4.92 Å². The van der Waals surface area contributed by atoms with E-state index in [0.717, 1.165) is 16.8 Å². The van der Waals surface area contributed by atoms with Gasteiger partial charge in [-0.15, -0.1) is 0 Å². The monoisotopic (exact) mass is 407 g/mol. The van der Waals surface area contributed by atoms with Crippen LogP contribution in [0.5, 0.6) is 0 Å². The molecule has 9 heteroatoms. The first-order chi connectivity index (χ1) is 14.4. The molecule has 3 aromatic carbocycles. The second-order valence-corrected chi connectivity index (χ2v) is 6.23. The SMILES string of the molecule is O=C(COC(=O)CNC(=O)c1cccc([N+](=O)[O-])c1)Nc1cccc2ccccc12. The average molecular weight is 407 g/mol. The molecule has 0 saturated heterocycles. The maximum Gasteiger partial charge on any atom is 0.325 e. The molecule has 0 heterocycles. The third kappa shape index (κ3) is 5.16. The van der Waals surface area contributed by atoms with Crippen molar-refractivity contribution in [1.29, 1.82) is 0 Å². The van der Waals surface area contributed by atoms with Crippen LogP contribution in [-0.2, 0) is 14.3 Å². The molecule has 152 valence electrons. The van der Waals surface area contributed by atoms with E-state index in [1.54, 1.807) is 12.1 Å². The lowest BCUT2D eigenvalue weighted by Crippen LogP contribution is -2.32. The zero-order valence-corrected chi connectivity index (χ0v) is 15.7. The van der Waals surface area contributed by atoms with Gasteiger partial charge in [-0.25, -0.2) is 0 Å². The number of carbonyl (C=O) groups excluding carboxylic acids is 3. The van der Waals surface area contributed by atoms with Gasteiger partial charge in [0.2, 0.25) is 0 Å². The van der Waals surface area contributed by atoms with Crippen molar-refractivity contribution in [2.24, 2.45) is 0 Å². The number of ether oxygens (including phenoxy) is 1. The molecule has 0 aliphatic rings. The highest BCUT2D eigenvalue weighted by atomic mass is 16.6. The van der Waals surface area contributed by atoms with E-state index in [9.17, 15) is 24.5 Å². The minimum absolute atomic E-state index is 0.0331. The molecule has 0 aromatic heterocycles. The Labute approximate surface area is 170 Å². The minimum atomic E-state index is -0.818. The van der Waals surface area contributed by atoms with Gasteiger partial charge in [0.25, 0.3) is 17.5 Å². The number of nitro benzene ring substituents is 1. The number of nitrogens with zero attached hydrogens (tertiary/aromatic N) is 1. The smallest absolute Gasteiger partial charge is 0.325 e. The fourth-order valence-corrected chi connectivity index (χ4v) is 2.73. The summed E-state index contributed by atoms with van der Waals surface area (Å²) in [6.07, 6.45) is 0. The fourth-order valence-electron chi connectivity index (χ4n) is 2.73. The second-order valence-electron chi connectivity index (χ2n) is 6.23. The van der Waals surface area contributed by atoms with E-state index >= 15 is 0 Å². The zero-order chi connectivity index (χ0) is 21.5. The van der Waals surface area contributed by atoms with Crippen LogP contribution in [0.3, 0.4) is 0 Å². The van der Waals surface area contributed by atoms with Gasteiger partial charge in [-0.2, -0.15) is 0 Å². The minimum Gasteiger partial charge on any atom is -0.454 e. The van der Waals surface area contributed by atoms with Crippen molar-refractivity contribution in [3.8, 4) is 0 Å². The summed E-state index contributed by atoms with van der Waals surface area (Å²) in [7, 11) is 0. The van der Waals surface area contributed by atoms with Crippen LogP contribution in [-0.4, -0.2) is 35.9 Å². The van der Waals surface area contributed by atoms with Crippen molar-refractivity contribution in [3.05, 3.63) is 82.4 Å². The molecule has 0 aliphatic heterocycles. The zero-order valence-electron chi connectivity index (χ0n) is 15.7. The molecule has 0 saturated carbocycles. The average Bonchev–Trinajstić information content (AvgIpc) is 2.76. The summed E-state index contributed by atoms with van der Waals surface area (Å²) in [5.74, 6) is -2.01. The summed E-state index contributed by atoms with van der Waals surface area (Å²) < 4.78 is 4.86. The van der Waals surface area contributed by atoms with E-state index in [0.29, 0.717) is 5.69 Å². The van der Waals surface area contributed by atoms with E-state index in [4.69, 9.17) is 4.74 Å². The Kier molecular flexibility index (Phi) is 6.33. The van der Waals surface area contributed by atoms with Gasteiger partial charge < -0.3 is 15.4 Å². The van der Waals surface area contributed by atoms with Crippen LogP contribution >= 0.6 is 0 Å². The number of anilines is 1. The molecule has 0 fully saturated rings. The van der Waals surface area contributed by atoms with E-state index in [2.05, 4.69) is 10.6 Å². The summed E-state index contributed by atoms with van der Waals surface area (Å²) in [6.45, 7) is -1.00. The third-order valence-corrected chi connectivity index (χ3v) is 4.14. The normalized spacial score (nSPS) is 10.3. The molecule has 30 heavy (non-hydrogen) atoms. The standard InChI is InChI=1S/C21H17N3O6/c25-19(23-18-10-4-6-14-5-1-2-9-17(14)18)13-30-20(26)12-22-21(27)15-7-3-8-16(11-15)24(28)29/h1-11H,12-13H2,(H,22,27)(H,23,25). The van der Waals surface area contributed by atoms with Crippen LogP contribution in [0.2, 0.25) is 0 Å². The lowest BCUT2D eigenvalue weighted by Gasteiger charge is -2.09. The molecule has 9 nitrogen and oxygen atoms in total. The van der Waals surface area contributed by atoms with Crippen molar-refractivity contribution in [2.45, 2.75) is 0 Å². The maximum absolute atomic E-state index is 12.1. The van der Waals surface area contributed by atoms with Crippen LogP contribution < -0.4 is 10.6 Å². The predicted octanol–water partition coefficient (Wildman–Crippen LogP) is 2.66. The lowest BCUT2D eigenvalue weighted by molar-refractivity contribution is -0.384. The molecule has 0 radical (unpaired) electrons. The highest BCUT2D eigenvalue weighted by molar-refractivity contribution is 6.03. The quantitative estimate of drug-likeness (QED) is 0.352. The van der Waals surface area contributed by atoms with Gasteiger partial charge in [0.15, 0.2) is 6.61 Å². The number of esters is 1. The number of nitro groups is 1. The third-order valence-electron chi connectivity index (χ3n) is 4.14. The van der Waals surface area contributed by atoms with Gasteiger partial charge in [0.1, 0.15) is 6.54 Å². The van der Waals surface area contributed by atoms with Crippen LogP contribution in [0.1, 0.15) is 10.4 Å². The molecule has 2 amide bonds. The number of hydrogen-bond donors (Lipinski definition) is 2. The van der Waals surface area contributed by atoms with Crippen molar-refractivity contribution in [2.75, 3.05) is 18.5 Å². The Hall–Kier alpha value is -4.27. The summed E-state index contributed by atoms with van der Waals surface area (Å²) in [5, 5.41) is 17.5. The summed E-state index contributed by atoms with van der Waals surface area (Å²) in [6, 6.07) is 18.0. The van der Waals surface area contributed by atoms with Gasteiger partial charge in [-0.1, -0.05) is 42.5 Å². The Bertz CT molecular complexity index is 1120. The first kappa shape index (κ1) is 20.5. The molecule has 2 N–H and O–H groups in total. The number of hydrogen-bond acceptors (Lipinski definition) is 6. The Morgan fingerprint density at radius 1 is 0.967 bits per heavy atom. The van der Waals surface area contributed by atoms with Crippen LogP contribution in [0.15, 0.2) is 66.7 Å². The van der Waals surface area contributed by atoms with Crippen molar-refractivity contribution < 1.29 is 24.0 Å². The first-order valence-electron chi connectivity index (χ1n) is 8.90. The number of rotatable bonds is 7. The lowest BCUT2D eigenvalue weighted by atomic mass is 10.1. The van der Waals surface area contributed by atoms with Crippen LogP contribution in [0.25, 0.3) is 10.8 Å². The fraction of sp³-hybridized carbons (Fsp3) is 0.0952. The van der Waals surface area contributed by atoms with E-state index in [1.165, 1.54) is 18.2 Å². The summed E-state index contributed by atoms with van der Waals surface area (Å²) >= 11 is 0. The van der Waals surface area contributed by atoms with E-state index in [1.807, 2.05) is 30.3 Å². The first-order valence-corrected chi connectivity index (χ1v) is 8.90. The molecule has 3 rings (SSSR count). The van der Waals surface area contributed by atoms with Crippen molar-refractivity contribution >= 4 is 39.9 Å². The van der Waals surface area contributed by atoms with Gasteiger partial charge in [-0.3, -0.25) is 24.5 Å². The molecule has 0 spiro atoms. The molecule has 3 aromatic rings. The van der Waals surface area contributed by atoms with Crippen LogP contribution in [0.4, 0.5) is 11.4 Å². The molecule has 0 aliphatic carbocycles. The van der Waals surface area contributed by atoms with Crippen molar-refractivity contribution in [1.82, 2.24) is 5.32 Å². The van der Waals surface area contributed by atoms with Crippen molar-refractivity contribution in [3.63, 3.8) is 0 Å². The topological polar surface area (TPSA) is 128 Å². The van der Waals surface area contributed by atoms with Crippen LogP contribution in [0, 0.1) is 10.1 Å². The predicted molar refractivity (Wildman–Crippen MR) is 109 cm³/mol. The number of carbonyl (C=O) groups is 3. The summed E-state index contributed by atoms with van der Waals surface area (Å²) in [5.41, 5.74) is 0.383. The number of nitrogens with one attached hydrogen (secondary N) is 2. The van der Waals surface area contributed by atoms with E-state index in [-0.39, 0.29) is 11.3 Å². The highest BCUT2D eigenvalue weighted by Gasteiger charge is 2.14. The summed E-state index contributed by atoms with van der Waals surface area (Å²) in [4.78, 5) is 46.0. The van der Waals surface area contributed by atoms with Gasteiger partial charge in [0, 0.05) is 28.8 Å². The molecule has 0 bridgehead atoms. The van der Waals surface area contributed by atoms with Gasteiger partial charge in [-0.05, 0) is 17.5 Å². The van der Waals surface area contributed by atoms with E-state index < -0.39 is 35.9 Å². The number of fused-ring (bicyclic) bond motifs is 1.